The van der Waals surface area contributed by atoms with E-state index in [-0.39, 0.29) is 247 Å². The predicted molar refractivity (Wildman–Crippen MR) is 421 cm³/mol. The number of rotatable bonds is 53. The van der Waals surface area contributed by atoms with Crippen LogP contribution in [0.25, 0.3) is 0 Å². The Kier molecular flexibility index (Phi) is 57.8. The van der Waals surface area contributed by atoms with Gasteiger partial charge in [-0.05, 0) is 79.2 Å². The molecule has 2 aliphatic rings. The number of nitrogens with zero attached hydrogens (tertiary/aromatic N) is 9. The minimum absolute atomic E-state index is 0. The fraction of sp³-hybridized carbons (Fsp3) is 0.667. The molecule has 14 N–H and O–H groups in total. The van der Waals surface area contributed by atoms with Gasteiger partial charge in [-0.3, -0.25) is 87.1 Å². The molecule has 0 aromatic heterocycles. The average molecular weight is 1820 g/mol. The molecule has 0 bridgehead atoms. The minimum Gasteiger partial charge on any atom is -0.480 e. The third-order valence-electron chi connectivity index (χ3n) is 18.0. The van der Waals surface area contributed by atoms with Crippen molar-refractivity contribution in [3.05, 3.63) is 59.7 Å². The zero-order valence-electron chi connectivity index (χ0n) is 65.7. The van der Waals surface area contributed by atoms with Gasteiger partial charge < -0.3 is 106 Å². The summed E-state index contributed by atoms with van der Waals surface area (Å²) in [5, 5.41) is 96.5. The fourth-order valence-corrected chi connectivity index (χ4v) is 12.7. The van der Waals surface area contributed by atoms with Crippen molar-refractivity contribution in [2.24, 2.45) is 0 Å². The standard InChI is InChI=1S/C72H117N15O24S2.2Y/c1-2-79(17-13-73-61(88)11-31-106-35-39-110-41-37-108-33-15-75-71(112)77-57-7-3-55(4-8-57)43-59-45-84(51-67(98)99)25-23-80(47-63(90)91)19-21-82(49-65(94)95)27-29-86(59)53-69(102)103)18-14-74-62(89)12-32-107-36-40-111-42-38-109-34-16-76-72(113)78-58-9-5-56(6-10-58)44-60-46-85(52-68(100)101)26-24-81(48-64(92)93)20-22-83(50-66(96)97)28-30-87(60)54-70(104)105;;/h3-10,59-60H,2,11-54H2,1H3,(H,73,88)(H,74,89)(H,90,91)(H,92,93)(H,94,95)(H,96,97)(H,98,99)(H,100,101)(H,102,103)(H,104,105)(H2,75,77,112)(H2,76,78,113);;. The molecule has 115 heavy (non-hydrogen) atoms. The summed E-state index contributed by atoms with van der Waals surface area (Å²) in [6.07, 6.45) is 1.02. The minimum atomic E-state index is -1.10. The number of benzene rings is 2. The molecule has 642 valence electrons. The number of carbonyl (C=O) groups is 10. The second kappa shape index (κ2) is 63.2. The van der Waals surface area contributed by atoms with Gasteiger partial charge in [-0.25, -0.2) is 0 Å². The zero-order chi connectivity index (χ0) is 82.6. The van der Waals surface area contributed by atoms with Crippen LogP contribution in [0.5, 0.6) is 0 Å². The second-order valence-corrected chi connectivity index (χ2v) is 27.7. The Hall–Kier alpha value is -5.87. The van der Waals surface area contributed by atoms with Crippen LogP contribution in [0.2, 0.25) is 0 Å². The first-order valence-corrected chi connectivity index (χ1v) is 38.6. The molecule has 2 amide bonds. The van der Waals surface area contributed by atoms with Crippen molar-refractivity contribution in [3.8, 4) is 0 Å². The van der Waals surface area contributed by atoms with Crippen LogP contribution in [-0.4, -0.2) is 436 Å². The topological polar surface area (TPSA) is 489 Å². The normalized spacial score (nSPS) is 16.5. The molecule has 43 heteroatoms. The molecule has 39 nitrogen and oxygen atoms in total. The summed E-state index contributed by atoms with van der Waals surface area (Å²) >= 11 is 11.0. The summed E-state index contributed by atoms with van der Waals surface area (Å²) in [5.41, 5.74) is 3.00. The summed E-state index contributed by atoms with van der Waals surface area (Å²) in [5.74, 6) is -8.98. The number of ether oxygens (including phenoxy) is 6. The van der Waals surface area contributed by atoms with Crippen LogP contribution in [0.3, 0.4) is 0 Å². The van der Waals surface area contributed by atoms with E-state index in [0.717, 1.165) is 17.7 Å². The Balaban J connectivity index is 0.0000224. The predicted octanol–water partition coefficient (Wildman–Crippen LogP) is -2.67. The van der Waals surface area contributed by atoms with Gasteiger partial charge in [0.15, 0.2) is 10.2 Å². The molecule has 2 radical (unpaired) electrons. The number of likely N-dealkylation sites (N-methyl/N-ethyl adjacent to an activating group) is 1. The van der Waals surface area contributed by atoms with Gasteiger partial charge in [0.1, 0.15) is 0 Å². The van der Waals surface area contributed by atoms with Crippen molar-refractivity contribution >= 4 is 106 Å². The number of amides is 2. The summed E-state index contributed by atoms with van der Waals surface area (Å²) in [6, 6.07) is 13.6. The number of carboxylic acid groups (broad SMARTS) is 8. The number of anilines is 2. The van der Waals surface area contributed by atoms with E-state index < -0.39 is 59.8 Å². The quantitative estimate of drug-likeness (QED) is 0.0237. The Labute approximate surface area is 732 Å². The van der Waals surface area contributed by atoms with E-state index >= 15 is 0 Å². The Morgan fingerprint density at radius 1 is 0.357 bits per heavy atom. The summed E-state index contributed by atoms with van der Waals surface area (Å²) < 4.78 is 33.6. The molecule has 0 aliphatic carbocycles. The molecule has 2 atom stereocenters. The van der Waals surface area contributed by atoms with E-state index in [9.17, 15) is 88.8 Å². The van der Waals surface area contributed by atoms with Crippen molar-refractivity contribution in [1.82, 2.24) is 65.4 Å². The number of thiocarbonyl (C=S) groups is 2. The van der Waals surface area contributed by atoms with E-state index in [1.165, 1.54) is 0 Å². The first-order valence-electron chi connectivity index (χ1n) is 37.8. The maximum atomic E-state index is 12.4. The first-order chi connectivity index (χ1) is 54.2. The number of aliphatic carboxylic acids is 8. The van der Waals surface area contributed by atoms with Crippen LogP contribution in [0, 0.1) is 0 Å². The molecule has 2 unspecified atom stereocenters. The van der Waals surface area contributed by atoms with E-state index in [1.807, 2.05) is 55.5 Å². The van der Waals surface area contributed by atoms with Crippen LogP contribution in [0.15, 0.2) is 48.5 Å². The molecule has 2 saturated heterocycles. The molecule has 2 fully saturated rings. The Morgan fingerprint density at radius 2 is 0.617 bits per heavy atom. The van der Waals surface area contributed by atoms with Gasteiger partial charge in [0.2, 0.25) is 11.8 Å². The van der Waals surface area contributed by atoms with Crippen LogP contribution in [-0.2, 0) is 155 Å². The second-order valence-electron chi connectivity index (χ2n) is 26.8. The van der Waals surface area contributed by atoms with Gasteiger partial charge in [-0.2, -0.15) is 0 Å². The average Bonchev–Trinajstić information content (AvgIpc) is 0.854. The molecule has 2 aromatic rings. The van der Waals surface area contributed by atoms with Crippen molar-refractivity contribution < 1.29 is 183 Å². The first kappa shape index (κ1) is 105. The van der Waals surface area contributed by atoms with Gasteiger partial charge in [-0.1, -0.05) is 31.2 Å². The number of carboxylic acids is 8. The number of hydrogen-bond donors (Lipinski definition) is 14. The van der Waals surface area contributed by atoms with Crippen molar-refractivity contribution in [2.75, 3.05) is 280 Å². The van der Waals surface area contributed by atoms with Gasteiger partial charge in [-0.15, -0.1) is 0 Å². The molecule has 2 heterocycles. The summed E-state index contributed by atoms with van der Waals surface area (Å²) in [4.78, 5) is 135. The molecule has 0 saturated carbocycles. The van der Waals surface area contributed by atoms with Gasteiger partial charge in [0.25, 0.3) is 0 Å². The van der Waals surface area contributed by atoms with Gasteiger partial charge in [0.05, 0.1) is 132 Å². The number of hydrogen-bond acceptors (Lipinski definition) is 27. The van der Waals surface area contributed by atoms with Crippen molar-refractivity contribution in [3.63, 3.8) is 0 Å². The molecule has 4 rings (SSSR count). The maximum Gasteiger partial charge on any atom is 0.317 e. The smallest absolute Gasteiger partial charge is 0.317 e. The monoisotopic (exact) mass is 1820 g/mol. The third kappa shape index (κ3) is 52.6. The van der Waals surface area contributed by atoms with E-state index in [4.69, 9.17) is 52.9 Å². The third-order valence-corrected chi connectivity index (χ3v) is 18.4. The van der Waals surface area contributed by atoms with Crippen LogP contribution in [0.1, 0.15) is 30.9 Å². The molecule has 2 aromatic carbocycles. The molecule has 0 spiro atoms. The Bertz CT molecular complexity index is 3010. The number of carbonyl (C=O) groups excluding carboxylic acids is 2. The zero-order valence-corrected chi connectivity index (χ0v) is 73.0. The van der Waals surface area contributed by atoms with Gasteiger partial charge in [0, 0.05) is 233 Å². The van der Waals surface area contributed by atoms with Crippen LogP contribution in [0.4, 0.5) is 11.4 Å². The van der Waals surface area contributed by atoms with Crippen LogP contribution >= 0.6 is 24.4 Å². The van der Waals surface area contributed by atoms with E-state index in [2.05, 4.69) is 36.8 Å². The van der Waals surface area contributed by atoms with Crippen molar-refractivity contribution in [2.45, 2.75) is 44.7 Å². The maximum absolute atomic E-state index is 12.4. The SMILES string of the molecule is CCN(CCNC(=O)CCOCCOCCOCCNC(=S)Nc1ccc(CC2CN(CC(=O)O)CCN(CC(=O)O)CCN(CC(=O)O)CCN2CC(=O)O)cc1)CCNC(=O)CCOCCOCCOCCNC(=S)Nc1ccc(CC2CN(CC(=O)O)CCN(CC(=O)O)CCN(CC(=O)O)CCN2CC(=O)O)cc1.[Y].[Y]. The van der Waals surface area contributed by atoms with Crippen LogP contribution < -0.4 is 31.9 Å². The van der Waals surface area contributed by atoms with Gasteiger partial charge >= 0.3 is 47.8 Å². The van der Waals surface area contributed by atoms with Crippen molar-refractivity contribution in [1.29, 1.82) is 0 Å². The summed E-state index contributed by atoms with van der Waals surface area (Å²) in [7, 11) is 0. The van der Waals surface area contributed by atoms with E-state index in [0.29, 0.717) is 140 Å². The summed E-state index contributed by atoms with van der Waals surface area (Å²) in [6.45, 7) is 9.14. The fourth-order valence-electron chi connectivity index (χ4n) is 12.3. The molecular weight excluding hydrogens is 1700 g/mol. The molecular formula is C72H117N15O24S2Y2. The Morgan fingerprint density at radius 3 is 0.904 bits per heavy atom. The number of nitrogens with one attached hydrogen (secondary N) is 6. The van der Waals surface area contributed by atoms with E-state index in [1.54, 1.807) is 39.2 Å². The largest absolute Gasteiger partial charge is 0.480 e. The molecule has 2 aliphatic heterocycles.